The summed E-state index contributed by atoms with van der Waals surface area (Å²) >= 11 is 0. The fourth-order valence-electron chi connectivity index (χ4n) is 1.60. The first kappa shape index (κ1) is 13.5. The van der Waals surface area contributed by atoms with Crippen LogP contribution in [0.15, 0.2) is 53.6 Å². The van der Waals surface area contributed by atoms with E-state index in [0.717, 1.165) is 0 Å². The third-order valence-electron chi connectivity index (χ3n) is 2.55. The molecule has 0 atom stereocenters. The van der Waals surface area contributed by atoms with Gasteiger partial charge in [0.2, 0.25) is 15.9 Å². The van der Waals surface area contributed by atoms with Crippen LogP contribution in [0.2, 0.25) is 0 Å². The third kappa shape index (κ3) is 3.30. The molecule has 100 valence electrons. The number of aromatic nitrogens is 1. The molecule has 0 aliphatic rings. The van der Waals surface area contributed by atoms with E-state index in [-0.39, 0.29) is 11.4 Å². The summed E-state index contributed by atoms with van der Waals surface area (Å²) in [6, 6.07) is 11.7. The molecule has 0 bridgehead atoms. The topological polar surface area (TPSA) is 68.3 Å². The van der Waals surface area contributed by atoms with Crippen LogP contribution in [0.1, 0.15) is 5.56 Å². The average Bonchev–Trinajstić information content (AvgIpc) is 2.46. The van der Waals surface area contributed by atoms with Crippen LogP contribution in [0.5, 0.6) is 5.88 Å². The predicted molar refractivity (Wildman–Crippen MR) is 71.3 cm³/mol. The molecule has 0 amide bonds. The zero-order chi connectivity index (χ0) is 13.7. The van der Waals surface area contributed by atoms with Crippen molar-refractivity contribution in [3.05, 3.63) is 54.2 Å². The van der Waals surface area contributed by atoms with Crippen molar-refractivity contribution in [3.63, 3.8) is 0 Å². The molecule has 19 heavy (non-hydrogen) atoms. The summed E-state index contributed by atoms with van der Waals surface area (Å²) in [5.41, 5.74) is 0.685. The number of nitrogens with one attached hydrogen (secondary N) is 1. The molecule has 0 unspecified atom stereocenters. The smallest absolute Gasteiger partial charge is 0.240 e. The number of sulfonamides is 1. The van der Waals surface area contributed by atoms with Gasteiger partial charge in [-0.25, -0.2) is 18.1 Å². The van der Waals surface area contributed by atoms with Gasteiger partial charge in [0.15, 0.2) is 0 Å². The Kier molecular flexibility index (Phi) is 4.13. The molecule has 0 saturated carbocycles. The van der Waals surface area contributed by atoms with Crippen LogP contribution in [0, 0.1) is 0 Å². The molecule has 1 heterocycles. The van der Waals surface area contributed by atoms with E-state index >= 15 is 0 Å². The number of benzene rings is 1. The molecule has 1 aromatic carbocycles. The minimum Gasteiger partial charge on any atom is -0.481 e. The maximum Gasteiger partial charge on any atom is 0.240 e. The van der Waals surface area contributed by atoms with Gasteiger partial charge in [-0.05, 0) is 18.2 Å². The largest absolute Gasteiger partial charge is 0.481 e. The Balaban J connectivity index is 2.15. The van der Waals surface area contributed by atoms with Crippen LogP contribution in [-0.2, 0) is 16.6 Å². The van der Waals surface area contributed by atoms with Gasteiger partial charge >= 0.3 is 0 Å². The van der Waals surface area contributed by atoms with Crippen molar-refractivity contribution in [1.82, 2.24) is 9.71 Å². The first-order valence-electron chi connectivity index (χ1n) is 5.66. The summed E-state index contributed by atoms with van der Waals surface area (Å²) in [6.07, 6.45) is 1.59. The molecule has 0 aliphatic heterocycles. The van der Waals surface area contributed by atoms with E-state index in [1.54, 1.807) is 48.7 Å². The molecular weight excluding hydrogens is 264 g/mol. The molecule has 0 radical (unpaired) electrons. The second-order valence-corrected chi connectivity index (χ2v) is 5.58. The number of pyridine rings is 1. The van der Waals surface area contributed by atoms with Gasteiger partial charge in [0.25, 0.3) is 0 Å². The van der Waals surface area contributed by atoms with Crippen molar-refractivity contribution in [1.29, 1.82) is 0 Å². The molecule has 0 saturated heterocycles. The Bertz CT molecular complexity index is 642. The molecule has 1 N–H and O–H groups in total. The van der Waals surface area contributed by atoms with Gasteiger partial charge in [0.1, 0.15) is 0 Å². The Hall–Kier alpha value is -1.92. The average molecular weight is 278 g/mol. The molecule has 0 aliphatic carbocycles. The number of nitrogens with zero attached hydrogens (tertiary/aromatic N) is 1. The van der Waals surface area contributed by atoms with Gasteiger partial charge in [-0.15, -0.1) is 0 Å². The lowest BCUT2D eigenvalue weighted by atomic mass is 10.3. The normalized spacial score (nSPS) is 11.2. The molecule has 2 aromatic rings. The van der Waals surface area contributed by atoms with Crippen molar-refractivity contribution < 1.29 is 13.2 Å². The fraction of sp³-hybridized carbons (Fsp3) is 0.154. The summed E-state index contributed by atoms with van der Waals surface area (Å²) in [5, 5.41) is 0. The number of hydrogen-bond donors (Lipinski definition) is 1. The highest BCUT2D eigenvalue weighted by Gasteiger charge is 2.14. The number of ether oxygens (including phenoxy) is 1. The first-order valence-corrected chi connectivity index (χ1v) is 7.14. The van der Waals surface area contributed by atoms with Gasteiger partial charge in [-0.1, -0.05) is 24.3 Å². The summed E-state index contributed by atoms with van der Waals surface area (Å²) < 4.78 is 31.7. The predicted octanol–water partition coefficient (Wildman–Crippen LogP) is 1.57. The minimum absolute atomic E-state index is 0.133. The Morgan fingerprint density at radius 1 is 1.16 bits per heavy atom. The maximum atomic E-state index is 12.0. The Morgan fingerprint density at radius 3 is 2.58 bits per heavy atom. The van der Waals surface area contributed by atoms with Gasteiger partial charge in [-0.3, -0.25) is 0 Å². The van der Waals surface area contributed by atoms with E-state index in [2.05, 4.69) is 9.71 Å². The van der Waals surface area contributed by atoms with Crippen LogP contribution >= 0.6 is 0 Å². The van der Waals surface area contributed by atoms with Crippen LogP contribution in [-0.4, -0.2) is 20.5 Å². The summed E-state index contributed by atoms with van der Waals surface area (Å²) in [4.78, 5) is 4.25. The molecule has 2 rings (SSSR count). The van der Waals surface area contributed by atoms with Gasteiger partial charge < -0.3 is 4.74 Å². The molecule has 0 fully saturated rings. The van der Waals surface area contributed by atoms with Crippen molar-refractivity contribution in [3.8, 4) is 5.88 Å². The number of rotatable bonds is 5. The SMILES string of the molecule is COc1ncccc1CNS(=O)(=O)c1ccccc1. The van der Waals surface area contributed by atoms with Gasteiger partial charge in [0.05, 0.1) is 12.0 Å². The van der Waals surface area contributed by atoms with E-state index in [1.807, 2.05) is 0 Å². The van der Waals surface area contributed by atoms with Crippen molar-refractivity contribution >= 4 is 10.0 Å². The quantitative estimate of drug-likeness (QED) is 0.901. The first-order chi connectivity index (χ1) is 9.13. The van der Waals surface area contributed by atoms with E-state index in [1.165, 1.54) is 7.11 Å². The molecule has 6 heteroatoms. The molecule has 5 nitrogen and oxygen atoms in total. The van der Waals surface area contributed by atoms with E-state index in [0.29, 0.717) is 11.4 Å². The molecule has 0 spiro atoms. The van der Waals surface area contributed by atoms with E-state index < -0.39 is 10.0 Å². The lowest BCUT2D eigenvalue weighted by Gasteiger charge is -2.09. The second kappa shape index (κ2) is 5.81. The third-order valence-corrected chi connectivity index (χ3v) is 3.97. The van der Waals surface area contributed by atoms with Crippen molar-refractivity contribution in [2.24, 2.45) is 0 Å². The van der Waals surface area contributed by atoms with Crippen LogP contribution in [0.3, 0.4) is 0 Å². The van der Waals surface area contributed by atoms with Crippen LogP contribution in [0.25, 0.3) is 0 Å². The Labute approximate surface area is 112 Å². The lowest BCUT2D eigenvalue weighted by molar-refractivity contribution is 0.392. The zero-order valence-corrected chi connectivity index (χ0v) is 11.2. The highest BCUT2D eigenvalue weighted by atomic mass is 32.2. The highest BCUT2D eigenvalue weighted by Crippen LogP contribution is 2.14. The van der Waals surface area contributed by atoms with Crippen LogP contribution < -0.4 is 9.46 Å². The maximum absolute atomic E-state index is 12.0. The second-order valence-electron chi connectivity index (χ2n) is 3.81. The van der Waals surface area contributed by atoms with Gasteiger partial charge in [-0.2, -0.15) is 0 Å². The van der Waals surface area contributed by atoms with E-state index in [4.69, 9.17) is 4.74 Å². The minimum atomic E-state index is -3.52. The zero-order valence-electron chi connectivity index (χ0n) is 10.4. The number of methoxy groups -OCH3 is 1. The van der Waals surface area contributed by atoms with Crippen LogP contribution in [0.4, 0.5) is 0 Å². The molecular formula is C13H14N2O3S. The molecule has 1 aromatic heterocycles. The van der Waals surface area contributed by atoms with Crippen molar-refractivity contribution in [2.45, 2.75) is 11.4 Å². The number of hydrogen-bond acceptors (Lipinski definition) is 4. The van der Waals surface area contributed by atoms with Crippen molar-refractivity contribution in [2.75, 3.05) is 7.11 Å². The van der Waals surface area contributed by atoms with Gasteiger partial charge in [0, 0.05) is 18.3 Å². The summed E-state index contributed by atoms with van der Waals surface area (Å²) in [5.74, 6) is 0.415. The van der Waals surface area contributed by atoms with E-state index in [9.17, 15) is 8.42 Å². The summed E-state index contributed by atoms with van der Waals surface area (Å²) in [7, 11) is -2.02. The fourth-order valence-corrected chi connectivity index (χ4v) is 2.63. The Morgan fingerprint density at radius 2 is 1.89 bits per heavy atom. The highest BCUT2D eigenvalue weighted by molar-refractivity contribution is 7.89. The lowest BCUT2D eigenvalue weighted by Crippen LogP contribution is -2.23. The monoisotopic (exact) mass is 278 g/mol. The standard InChI is InChI=1S/C13H14N2O3S/c1-18-13-11(6-5-9-14-13)10-15-19(16,17)12-7-3-2-4-8-12/h2-9,15H,10H2,1H3. The summed E-state index contributed by atoms with van der Waals surface area (Å²) in [6.45, 7) is 0.133.